The average molecular weight is 470 g/mol. The number of nitrogens with one attached hydrogen (secondary N) is 3. The first-order chi connectivity index (χ1) is 14.8. The Balaban J connectivity index is 1.42. The molecule has 3 rings (SSSR count). The van der Waals surface area contributed by atoms with E-state index >= 15 is 0 Å². The van der Waals surface area contributed by atoms with E-state index in [0.717, 1.165) is 0 Å². The zero-order valence-corrected chi connectivity index (χ0v) is 18.9. The van der Waals surface area contributed by atoms with Gasteiger partial charge < -0.3 is 25.6 Å². The molecule has 2 aromatic rings. The van der Waals surface area contributed by atoms with E-state index in [1.165, 1.54) is 12.3 Å². The Morgan fingerprint density at radius 3 is 2.61 bits per heavy atom. The lowest BCUT2D eigenvalue weighted by molar-refractivity contribution is -0.00539. The fourth-order valence-electron chi connectivity index (χ4n) is 3.44. The maximum absolute atomic E-state index is 14.6. The Morgan fingerprint density at radius 1 is 1.19 bits per heavy atom. The van der Waals surface area contributed by atoms with Crippen LogP contribution in [-0.4, -0.2) is 49.4 Å². The number of carbonyl (C=O) groups is 1. The summed E-state index contributed by atoms with van der Waals surface area (Å²) in [4.78, 5) is 18.1. The van der Waals surface area contributed by atoms with Crippen LogP contribution in [0.3, 0.4) is 0 Å². The van der Waals surface area contributed by atoms with Crippen LogP contribution >= 0.6 is 23.2 Å². The Bertz CT molecular complexity index is 907. The molecule has 0 radical (unpaired) electrons. The minimum atomic E-state index is -0.350. The largest absolute Gasteiger partial charge is 0.372 e. The van der Waals surface area contributed by atoms with Crippen molar-refractivity contribution < 1.29 is 13.9 Å². The number of hydrogen-bond donors (Lipinski definition) is 3. The second kappa shape index (κ2) is 10.8. The molecule has 10 heteroatoms. The van der Waals surface area contributed by atoms with E-state index in [2.05, 4.69) is 20.9 Å². The Labute approximate surface area is 191 Å². The highest BCUT2D eigenvalue weighted by Gasteiger charge is 2.24. The quantitative estimate of drug-likeness (QED) is 0.533. The minimum absolute atomic E-state index is 0.0502. The summed E-state index contributed by atoms with van der Waals surface area (Å²) in [6.07, 6.45) is 1.59. The van der Waals surface area contributed by atoms with E-state index in [0.29, 0.717) is 53.3 Å². The summed E-state index contributed by atoms with van der Waals surface area (Å²) in [5.74, 6) is 0.186. The van der Waals surface area contributed by atoms with Crippen LogP contribution in [0.2, 0.25) is 10.0 Å². The molecule has 2 atom stereocenters. The van der Waals surface area contributed by atoms with Gasteiger partial charge in [-0.05, 0) is 37.6 Å². The van der Waals surface area contributed by atoms with Crippen LogP contribution in [0.4, 0.5) is 20.7 Å². The van der Waals surface area contributed by atoms with Gasteiger partial charge in [-0.3, -0.25) is 0 Å². The van der Waals surface area contributed by atoms with Gasteiger partial charge in [0.15, 0.2) is 0 Å². The van der Waals surface area contributed by atoms with Crippen molar-refractivity contribution in [2.75, 3.05) is 36.4 Å². The summed E-state index contributed by atoms with van der Waals surface area (Å²) in [5.41, 5.74) is 1.23. The van der Waals surface area contributed by atoms with Gasteiger partial charge in [0, 0.05) is 38.9 Å². The highest BCUT2D eigenvalue weighted by Crippen LogP contribution is 2.24. The summed E-state index contributed by atoms with van der Waals surface area (Å²) in [5, 5.41) is 9.31. The van der Waals surface area contributed by atoms with Crippen molar-refractivity contribution in [3.63, 3.8) is 0 Å². The Morgan fingerprint density at radius 2 is 1.94 bits per heavy atom. The number of urea groups is 1. The molecule has 1 aromatic heterocycles. The topological polar surface area (TPSA) is 78.5 Å². The third-order valence-corrected chi connectivity index (χ3v) is 5.23. The number of ether oxygens (including phenoxy) is 1. The zero-order chi connectivity index (χ0) is 22.4. The van der Waals surface area contributed by atoms with Crippen LogP contribution in [-0.2, 0) is 11.3 Å². The first-order valence-electron chi connectivity index (χ1n) is 10.1. The Hall–Kier alpha value is -2.29. The van der Waals surface area contributed by atoms with Gasteiger partial charge in [-0.2, -0.15) is 0 Å². The van der Waals surface area contributed by atoms with Crippen LogP contribution in [0.5, 0.6) is 0 Å². The molecule has 2 unspecified atom stereocenters. The second-order valence-electron chi connectivity index (χ2n) is 7.47. The number of anilines is 2. The monoisotopic (exact) mass is 469 g/mol. The summed E-state index contributed by atoms with van der Waals surface area (Å²) in [7, 11) is 0. The highest BCUT2D eigenvalue weighted by molar-refractivity contribution is 6.35. The first-order valence-corrected chi connectivity index (χ1v) is 10.8. The number of benzene rings is 1. The summed E-state index contributed by atoms with van der Waals surface area (Å²) in [6.45, 7) is 6.25. The van der Waals surface area contributed by atoms with E-state index in [9.17, 15) is 9.18 Å². The molecule has 2 amide bonds. The normalized spacial score (nSPS) is 18.5. The summed E-state index contributed by atoms with van der Waals surface area (Å²) >= 11 is 11.8. The molecule has 0 bridgehead atoms. The maximum Gasteiger partial charge on any atom is 0.315 e. The van der Waals surface area contributed by atoms with E-state index in [-0.39, 0.29) is 30.6 Å². The van der Waals surface area contributed by atoms with E-state index in [4.69, 9.17) is 27.9 Å². The molecule has 1 aliphatic rings. The van der Waals surface area contributed by atoms with E-state index < -0.39 is 0 Å². The number of aromatic nitrogens is 1. The van der Waals surface area contributed by atoms with Crippen molar-refractivity contribution in [2.24, 2.45) is 0 Å². The number of morpholine rings is 1. The van der Waals surface area contributed by atoms with Crippen LogP contribution in [0, 0.1) is 5.82 Å². The Kier molecular flexibility index (Phi) is 8.17. The number of hydrogen-bond acceptors (Lipinski definition) is 5. The lowest BCUT2D eigenvalue weighted by Gasteiger charge is -2.37. The molecule has 0 aliphatic carbocycles. The average Bonchev–Trinajstić information content (AvgIpc) is 2.70. The summed E-state index contributed by atoms with van der Waals surface area (Å²) < 4.78 is 20.3. The van der Waals surface area contributed by atoms with Crippen molar-refractivity contribution in [1.29, 1.82) is 0 Å². The van der Waals surface area contributed by atoms with Crippen LogP contribution in [0.15, 0.2) is 30.5 Å². The van der Waals surface area contributed by atoms with Gasteiger partial charge >= 0.3 is 6.03 Å². The molecule has 2 heterocycles. The fourth-order valence-corrected chi connectivity index (χ4v) is 3.88. The van der Waals surface area contributed by atoms with Gasteiger partial charge in [-0.15, -0.1) is 0 Å². The maximum atomic E-state index is 14.6. The molecule has 1 aliphatic heterocycles. The lowest BCUT2D eigenvalue weighted by Crippen LogP contribution is -2.45. The van der Waals surface area contributed by atoms with Crippen LogP contribution in [0.25, 0.3) is 0 Å². The number of amides is 2. The molecular weight excluding hydrogens is 444 g/mol. The standard InChI is InChI=1S/C21H26Cl2FN5O2/c1-13-11-29(12-14(2)31-13)19-4-3-15(7-18(19)24)9-28-21(30)26-6-5-25-20-17(23)8-16(22)10-27-20/h3-4,7-8,10,13-14H,5-6,9,11-12H2,1-2H3,(H,25,27)(H2,26,28,30). The van der Waals surface area contributed by atoms with Crippen LogP contribution in [0.1, 0.15) is 19.4 Å². The van der Waals surface area contributed by atoms with Gasteiger partial charge in [-0.25, -0.2) is 14.2 Å². The van der Waals surface area contributed by atoms with Gasteiger partial charge in [0.2, 0.25) is 0 Å². The molecule has 7 nitrogen and oxygen atoms in total. The molecule has 1 aromatic carbocycles. The van der Waals surface area contributed by atoms with Crippen molar-refractivity contribution in [3.8, 4) is 0 Å². The number of nitrogens with zero attached hydrogens (tertiary/aromatic N) is 2. The fraction of sp³-hybridized carbons (Fsp3) is 0.429. The molecule has 0 saturated carbocycles. The molecule has 1 fully saturated rings. The molecule has 1 saturated heterocycles. The second-order valence-corrected chi connectivity index (χ2v) is 8.31. The molecule has 31 heavy (non-hydrogen) atoms. The number of rotatable bonds is 7. The van der Waals surface area contributed by atoms with Gasteiger partial charge in [0.1, 0.15) is 11.6 Å². The molecule has 0 spiro atoms. The third kappa shape index (κ3) is 6.85. The minimum Gasteiger partial charge on any atom is -0.372 e. The third-order valence-electron chi connectivity index (χ3n) is 4.74. The molecular formula is C21H26Cl2FN5O2. The van der Waals surface area contributed by atoms with E-state index in [1.807, 2.05) is 24.8 Å². The zero-order valence-electron chi connectivity index (χ0n) is 17.4. The van der Waals surface area contributed by atoms with E-state index in [1.54, 1.807) is 12.1 Å². The number of pyridine rings is 1. The lowest BCUT2D eigenvalue weighted by atomic mass is 10.1. The van der Waals surface area contributed by atoms with Crippen molar-refractivity contribution in [3.05, 3.63) is 51.9 Å². The predicted octanol–water partition coefficient (Wildman–Crippen LogP) is 4.05. The van der Waals surface area contributed by atoms with Crippen LogP contribution < -0.4 is 20.9 Å². The highest BCUT2D eigenvalue weighted by atomic mass is 35.5. The SMILES string of the molecule is CC1CN(c2ccc(CNC(=O)NCCNc3ncc(Cl)cc3Cl)cc2F)CC(C)O1. The predicted molar refractivity (Wildman–Crippen MR) is 122 cm³/mol. The summed E-state index contributed by atoms with van der Waals surface area (Å²) in [6, 6.07) is 6.26. The van der Waals surface area contributed by atoms with Gasteiger partial charge in [-0.1, -0.05) is 29.3 Å². The smallest absolute Gasteiger partial charge is 0.315 e. The van der Waals surface area contributed by atoms with Crippen molar-refractivity contribution >= 4 is 40.7 Å². The number of halogens is 3. The van der Waals surface area contributed by atoms with Crippen molar-refractivity contribution in [1.82, 2.24) is 15.6 Å². The molecule has 168 valence electrons. The first kappa shape index (κ1) is 23.4. The van der Waals surface area contributed by atoms with Gasteiger partial charge in [0.25, 0.3) is 0 Å². The molecule has 3 N–H and O–H groups in total. The van der Waals surface area contributed by atoms with Crippen molar-refractivity contribution in [2.45, 2.75) is 32.6 Å². The van der Waals surface area contributed by atoms with Gasteiger partial charge in [0.05, 0.1) is 27.9 Å². The number of carbonyl (C=O) groups excluding carboxylic acids is 1.